The molecule has 0 fully saturated rings. The molecule has 1 aromatic carbocycles. The molecule has 1 atom stereocenters. The normalized spacial score (nSPS) is 12.6. The van der Waals surface area contributed by atoms with Crippen LogP contribution in [0.1, 0.15) is 18.4 Å². The molecule has 0 aliphatic carbocycles. The first-order valence-electron chi connectivity index (χ1n) is 6.09. The van der Waals surface area contributed by atoms with Gasteiger partial charge >= 0.3 is 0 Å². The van der Waals surface area contributed by atoms with Gasteiger partial charge in [0.15, 0.2) is 0 Å². The molecule has 0 saturated heterocycles. The Balaban J connectivity index is 2.06. The third kappa shape index (κ3) is 3.64. The average molecular weight is 325 g/mol. The Morgan fingerprint density at radius 3 is 3.00 bits per heavy atom. The van der Waals surface area contributed by atoms with Gasteiger partial charge in [0.25, 0.3) is 0 Å². The van der Waals surface area contributed by atoms with Gasteiger partial charge in [-0.05, 0) is 37.4 Å². The lowest BCUT2D eigenvalue weighted by atomic mass is 10.1. The summed E-state index contributed by atoms with van der Waals surface area (Å²) >= 11 is 5.22. The number of rotatable bonds is 5. The van der Waals surface area contributed by atoms with Crippen molar-refractivity contribution < 1.29 is 0 Å². The minimum Gasteiger partial charge on any atom is -0.330 e. The molecule has 0 spiro atoms. The van der Waals surface area contributed by atoms with Gasteiger partial charge < -0.3 is 5.73 Å². The fourth-order valence-electron chi connectivity index (χ4n) is 1.69. The molecule has 0 aliphatic rings. The van der Waals surface area contributed by atoms with Gasteiger partial charge in [0.05, 0.1) is 10.7 Å². The second kappa shape index (κ2) is 6.45. The Morgan fingerprint density at radius 2 is 2.28 bits per heavy atom. The lowest BCUT2D eigenvalue weighted by molar-refractivity contribution is 0.544. The number of nitrogens with two attached hydrogens (primary N) is 1. The Bertz CT molecular complexity index is 510. The van der Waals surface area contributed by atoms with Gasteiger partial charge in [-0.3, -0.25) is 0 Å². The van der Waals surface area contributed by atoms with Gasteiger partial charge in [-0.2, -0.15) is 0 Å². The van der Waals surface area contributed by atoms with Crippen LogP contribution in [0.5, 0.6) is 0 Å². The monoisotopic (exact) mass is 324 g/mol. The van der Waals surface area contributed by atoms with Gasteiger partial charge in [-0.1, -0.05) is 35.0 Å². The second-order valence-electron chi connectivity index (χ2n) is 4.52. The Kier molecular flexibility index (Phi) is 4.92. The number of hydrogen-bond donors (Lipinski definition) is 1. The van der Waals surface area contributed by atoms with Crippen LogP contribution in [-0.2, 0) is 6.42 Å². The van der Waals surface area contributed by atoms with Crippen molar-refractivity contribution in [1.82, 2.24) is 4.98 Å². The van der Waals surface area contributed by atoms with E-state index in [1.165, 1.54) is 10.6 Å². The maximum atomic E-state index is 5.63. The van der Waals surface area contributed by atoms with Crippen LogP contribution in [0.3, 0.4) is 0 Å². The van der Waals surface area contributed by atoms with Crippen molar-refractivity contribution in [1.29, 1.82) is 0 Å². The lowest BCUT2D eigenvalue weighted by Crippen LogP contribution is -2.11. The summed E-state index contributed by atoms with van der Waals surface area (Å²) in [6, 6.07) is 8.25. The predicted octanol–water partition coefficient (Wildman–Crippen LogP) is 4.10. The van der Waals surface area contributed by atoms with Crippen LogP contribution < -0.4 is 5.73 Å². The molecule has 4 heteroatoms. The summed E-state index contributed by atoms with van der Waals surface area (Å²) in [5.41, 5.74) is 7.86. The largest absolute Gasteiger partial charge is 0.330 e. The maximum absolute atomic E-state index is 5.63. The molecule has 1 unspecified atom stereocenters. The molecule has 0 saturated carbocycles. The zero-order valence-corrected chi connectivity index (χ0v) is 12.8. The number of aryl methyl sites for hydroxylation is 1. The summed E-state index contributed by atoms with van der Waals surface area (Å²) < 4.78 is 1.09. The molecule has 2 rings (SSSR count). The van der Waals surface area contributed by atoms with E-state index in [4.69, 9.17) is 5.73 Å². The third-order valence-electron chi connectivity index (χ3n) is 2.93. The van der Waals surface area contributed by atoms with E-state index in [1.54, 1.807) is 11.3 Å². The van der Waals surface area contributed by atoms with Crippen LogP contribution in [0.2, 0.25) is 0 Å². The summed E-state index contributed by atoms with van der Waals surface area (Å²) in [5, 5.41) is 3.33. The number of thiazole rings is 1. The fourth-order valence-corrected chi connectivity index (χ4v) is 2.92. The van der Waals surface area contributed by atoms with Crippen molar-refractivity contribution >= 4 is 27.3 Å². The van der Waals surface area contributed by atoms with E-state index in [0.717, 1.165) is 29.6 Å². The Hall–Kier alpha value is -0.710. The molecule has 2 N–H and O–H groups in total. The molecule has 0 amide bonds. The van der Waals surface area contributed by atoms with Gasteiger partial charge in [0.1, 0.15) is 0 Å². The van der Waals surface area contributed by atoms with Crippen molar-refractivity contribution in [3.05, 3.63) is 39.1 Å². The van der Waals surface area contributed by atoms with Crippen LogP contribution >= 0.6 is 27.3 Å². The van der Waals surface area contributed by atoms with E-state index in [1.807, 2.05) is 12.1 Å². The standard InChI is InChI=1S/C14H17BrN2S/c1-10(8-16)5-6-14-17-13(9-18-14)11-3-2-4-12(15)7-11/h2-4,7,9-10H,5-6,8,16H2,1H3. The van der Waals surface area contributed by atoms with Gasteiger partial charge in [0.2, 0.25) is 0 Å². The average Bonchev–Trinajstić information content (AvgIpc) is 2.84. The van der Waals surface area contributed by atoms with E-state index < -0.39 is 0 Å². The van der Waals surface area contributed by atoms with Crippen molar-refractivity contribution in [3.63, 3.8) is 0 Å². The van der Waals surface area contributed by atoms with E-state index in [2.05, 4.69) is 45.4 Å². The molecular weight excluding hydrogens is 308 g/mol. The molecule has 0 bridgehead atoms. The molecule has 1 aromatic heterocycles. The van der Waals surface area contributed by atoms with Gasteiger partial charge in [-0.25, -0.2) is 4.98 Å². The van der Waals surface area contributed by atoms with Crippen LogP contribution in [0.25, 0.3) is 11.3 Å². The summed E-state index contributed by atoms with van der Waals surface area (Å²) in [4.78, 5) is 4.68. The SMILES string of the molecule is CC(CN)CCc1nc(-c2cccc(Br)c2)cs1. The highest BCUT2D eigenvalue weighted by Crippen LogP contribution is 2.25. The quantitative estimate of drug-likeness (QED) is 0.899. The van der Waals surface area contributed by atoms with Gasteiger partial charge in [-0.15, -0.1) is 11.3 Å². The zero-order chi connectivity index (χ0) is 13.0. The molecule has 2 nitrogen and oxygen atoms in total. The molecule has 18 heavy (non-hydrogen) atoms. The van der Waals surface area contributed by atoms with Gasteiger partial charge in [0, 0.05) is 15.4 Å². The second-order valence-corrected chi connectivity index (χ2v) is 6.37. The Morgan fingerprint density at radius 1 is 1.44 bits per heavy atom. The van der Waals surface area contributed by atoms with E-state index in [9.17, 15) is 0 Å². The molecule has 1 heterocycles. The van der Waals surface area contributed by atoms with Crippen LogP contribution in [0, 0.1) is 5.92 Å². The first kappa shape index (κ1) is 13.7. The van der Waals surface area contributed by atoms with Crippen LogP contribution in [0.4, 0.5) is 0 Å². The van der Waals surface area contributed by atoms with Crippen LogP contribution in [-0.4, -0.2) is 11.5 Å². The summed E-state index contributed by atoms with van der Waals surface area (Å²) in [5.74, 6) is 0.572. The third-order valence-corrected chi connectivity index (χ3v) is 4.33. The van der Waals surface area contributed by atoms with Crippen molar-refractivity contribution in [2.75, 3.05) is 6.54 Å². The van der Waals surface area contributed by atoms with Crippen LogP contribution in [0.15, 0.2) is 34.1 Å². The minimum absolute atomic E-state index is 0.572. The van der Waals surface area contributed by atoms with Crippen molar-refractivity contribution in [2.24, 2.45) is 11.7 Å². The number of benzene rings is 1. The number of aromatic nitrogens is 1. The summed E-state index contributed by atoms with van der Waals surface area (Å²) in [6.07, 6.45) is 2.14. The Labute approximate surface area is 120 Å². The summed E-state index contributed by atoms with van der Waals surface area (Å²) in [7, 11) is 0. The van der Waals surface area contributed by atoms with E-state index >= 15 is 0 Å². The molecule has 96 valence electrons. The minimum atomic E-state index is 0.572. The molecule has 0 radical (unpaired) electrons. The highest BCUT2D eigenvalue weighted by molar-refractivity contribution is 9.10. The highest BCUT2D eigenvalue weighted by atomic mass is 79.9. The summed E-state index contributed by atoms with van der Waals surface area (Å²) in [6.45, 7) is 2.94. The molecule has 2 aromatic rings. The molecular formula is C14H17BrN2S. The molecule has 0 aliphatic heterocycles. The van der Waals surface area contributed by atoms with Crippen molar-refractivity contribution in [3.8, 4) is 11.3 Å². The van der Waals surface area contributed by atoms with Crippen molar-refractivity contribution in [2.45, 2.75) is 19.8 Å². The number of hydrogen-bond acceptors (Lipinski definition) is 3. The van der Waals surface area contributed by atoms with E-state index in [-0.39, 0.29) is 0 Å². The number of nitrogens with zero attached hydrogens (tertiary/aromatic N) is 1. The maximum Gasteiger partial charge on any atom is 0.0932 e. The topological polar surface area (TPSA) is 38.9 Å². The number of halogens is 1. The first-order chi connectivity index (χ1) is 8.69. The first-order valence-corrected chi connectivity index (χ1v) is 7.76. The zero-order valence-electron chi connectivity index (χ0n) is 10.4. The fraction of sp³-hybridized carbons (Fsp3) is 0.357. The lowest BCUT2D eigenvalue weighted by Gasteiger charge is -2.05. The predicted molar refractivity (Wildman–Crippen MR) is 81.8 cm³/mol. The van der Waals surface area contributed by atoms with E-state index in [0.29, 0.717) is 5.92 Å². The highest BCUT2D eigenvalue weighted by Gasteiger charge is 2.06. The smallest absolute Gasteiger partial charge is 0.0932 e.